The number of carbonyl (C=O) groups excluding carboxylic acids is 2. The van der Waals surface area contributed by atoms with Crippen LogP contribution in [0.5, 0.6) is 0 Å². The maximum atomic E-state index is 13.1. The highest BCUT2D eigenvalue weighted by molar-refractivity contribution is 5.70. The molecule has 2 aliphatic heterocycles. The second-order valence-electron chi connectivity index (χ2n) is 21.2. The van der Waals surface area contributed by atoms with Crippen LogP contribution in [0.3, 0.4) is 0 Å². The van der Waals surface area contributed by atoms with Crippen LogP contribution >= 0.6 is 0 Å². The van der Waals surface area contributed by atoms with E-state index >= 15 is 0 Å². The SMILES string of the molecule is CC/C=C\C/C=C\C/C=C\CCCCCCCCCC(=O)OC(COC(=O)CCCCCCCCCCCCCCCCCCCCCCCC)COC1OC(COC2OC(CO)C(O)C(O)C2O)C(O)C(O)C1O. The zero-order valence-corrected chi connectivity index (χ0v) is 46.8. The van der Waals surface area contributed by atoms with E-state index in [0.717, 1.165) is 83.5 Å². The minimum atomic E-state index is -1.77. The molecule has 15 nitrogen and oxygen atoms in total. The van der Waals surface area contributed by atoms with Gasteiger partial charge in [-0.05, 0) is 44.9 Å². The van der Waals surface area contributed by atoms with Crippen LogP contribution in [0.15, 0.2) is 36.5 Å². The van der Waals surface area contributed by atoms with Gasteiger partial charge in [-0.15, -0.1) is 0 Å². The van der Waals surface area contributed by atoms with E-state index in [2.05, 4.69) is 50.3 Å². The molecule has 11 unspecified atom stereocenters. The smallest absolute Gasteiger partial charge is 0.306 e. The van der Waals surface area contributed by atoms with E-state index in [0.29, 0.717) is 12.8 Å². The fraction of sp³-hybridized carbons (Fsp3) is 0.867. The molecule has 2 heterocycles. The van der Waals surface area contributed by atoms with Crippen molar-refractivity contribution >= 4 is 11.9 Å². The van der Waals surface area contributed by atoms with Crippen molar-refractivity contribution in [3.63, 3.8) is 0 Å². The first-order chi connectivity index (χ1) is 36.5. The Bertz CT molecular complexity index is 1440. The molecule has 11 atom stereocenters. The highest BCUT2D eigenvalue weighted by Gasteiger charge is 2.47. The zero-order chi connectivity index (χ0) is 54.6. The summed E-state index contributed by atoms with van der Waals surface area (Å²) < 4.78 is 33.7. The molecular weight excluding hydrogens is 961 g/mol. The summed E-state index contributed by atoms with van der Waals surface area (Å²) in [4.78, 5) is 25.9. The quantitative estimate of drug-likeness (QED) is 0.0171. The van der Waals surface area contributed by atoms with Gasteiger partial charge in [0.05, 0.1) is 19.8 Å². The summed E-state index contributed by atoms with van der Waals surface area (Å²) in [7, 11) is 0. The molecule has 2 rings (SSSR count). The Labute approximate surface area is 453 Å². The van der Waals surface area contributed by atoms with E-state index in [1.165, 1.54) is 116 Å². The van der Waals surface area contributed by atoms with Crippen LogP contribution < -0.4 is 0 Å². The Balaban J connectivity index is 1.72. The Morgan fingerprint density at radius 1 is 0.440 bits per heavy atom. The van der Waals surface area contributed by atoms with Crippen LogP contribution in [0, 0.1) is 0 Å². The number of aliphatic hydroxyl groups excluding tert-OH is 7. The van der Waals surface area contributed by atoms with Crippen LogP contribution in [0.2, 0.25) is 0 Å². The van der Waals surface area contributed by atoms with Crippen molar-refractivity contribution in [2.45, 2.75) is 306 Å². The molecule has 0 aromatic carbocycles. The fourth-order valence-electron chi connectivity index (χ4n) is 9.53. The number of hydrogen-bond acceptors (Lipinski definition) is 15. The first kappa shape index (κ1) is 68.8. The molecule has 438 valence electrons. The predicted molar refractivity (Wildman–Crippen MR) is 294 cm³/mol. The third kappa shape index (κ3) is 33.7. The molecule has 0 spiro atoms. The summed E-state index contributed by atoms with van der Waals surface area (Å²) >= 11 is 0. The highest BCUT2D eigenvalue weighted by Crippen LogP contribution is 2.27. The Hall–Kier alpha value is -2.28. The number of aliphatic hydroxyl groups is 7. The lowest BCUT2D eigenvalue weighted by Gasteiger charge is -2.42. The minimum absolute atomic E-state index is 0.156. The Morgan fingerprint density at radius 3 is 1.32 bits per heavy atom. The van der Waals surface area contributed by atoms with Gasteiger partial charge < -0.3 is 64.2 Å². The van der Waals surface area contributed by atoms with E-state index in [1.807, 2.05) is 0 Å². The van der Waals surface area contributed by atoms with Gasteiger partial charge in [-0.1, -0.05) is 217 Å². The van der Waals surface area contributed by atoms with Gasteiger partial charge in [0.15, 0.2) is 18.7 Å². The molecule has 0 saturated carbocycles. The monoisotopic (exact) mass is 1070 g/mol. The van der Waals surface area contributed by atoms with Gasteiger partial charge >= 0.3 is 11.9 Å². The van der Waals surface area contributed by atoms with Crippen molar-refractivity contribution < 1.29 is 73.8 Å². The molecule has 2 fully saturated rings. The molecule has 0 aromatic rings. The number of esters is 2. The van der Waals surface area contributed by atoms with Crippen molar-refractivity contribution in [3.8, 4) is 0 Å². The third-order valence-electron chi connectivity index (χ3n) is 14.4. The Morgan fingerprint density at radius 2 is 0.840 bits per heavy atom. The first-order valence-electron chi connectivity index (χ1n) is 30.1. The summed E-state index contributed by atoms with van der Waals surface area (Å²) in [6.45, 7) is 2.52. The molecule has 2 saturated heterocycles. The van der Waals surface area contributed by atoms with E-state index in [4.69, 9.17) is 28.4 Å². The number of rotatable bonds is 48. The summed E-state index contributed by atoms with van der Waals surface area (Å²) in [5.74, 6) is -0.925. The second kappa shape index (κ2) is 46.6. The number of allylic oxidation sites excluding steroid dienone is 6. The van der Waals surface area contributed by atoms with Crippen LogP contribution in [-0.4, -0.2) is 142 Å². The van der Waals surface area contributed by atoms with Crippen molar-refractivity contribution in [2.75, 3.05) is 26.4 Å². The standard InChI is InChI=1S/C60H108O15/c1-3-5-7-9-11-13-15-17-19-21-22-23-24-25-27-28-30-32-34-36-38-40-42-51(62)70-45-48(73-52(63)43-41-39-37-35-33-31-29-26-20-18-16-14-12-10-8-6-4-2)46-71-59-58(69)56(67)54(65)50(75-59)47-72-60-57(68)55(66)53(64)49(44-61)74-60/h6,8,12,14,18,20,48-50,53-61,64-69H,3-5,7,9-11,13,15-17,19,21-47H2,1-2H3/b8-6-,14-12-,20-18-. The van der Waals surface area contributed by atoms with Gasteiger partial charge in [-0.25, -0.2) is 0 Å². The molecule has 0 aliphatic carbocycles. The van der Waals surface area contributed by atoms with Gasteiger partial charge in [0.25, 0.3) is 0 Å². The summed E-state index contributed by atoms with van der Waals surface area (Å²) in [6, 6.07) is 0. The zero-order valence-electron chi connectivity index (χ0n) is 46.8. The molecular formula is C60H108O15. The number of carbonyl (C=O) groups is 2. The summed E-state index contributed by atoms with van der Waals surface area (Å²) in [5.41, 5.74) is 0. The summed E-state index contributed by atoms with van der Waals surface area (Å²) in [5, 5.41) is 72.3. The molecule has 0 radical (unpaired) electrons. The highest BCUT2D eigenvalue weighted by atomic mass is 16.7. The number of unbranched alkanes of at least 4 members (excludes halogenated alkanes) is 28. The third-order valence-corrected chi connectivity index (χ3v) is 14.4. The van der Waals surface area contributed by atoms with Crippen molar-refractivity contribution in [2.24, 2.45) is 0 Å². The second-order valence-corrected chi connectivity index (χ2v) is 21.2. The van der Waals surface area contributed by atoms with Crippen LogP contribution in [0.4, 0.5) is 0 Å². The van der Waals surface area contributed by atoms with E-state index in [-0.39, 0.29) is 26.1 Å². The summed E-state index contributed by atoms with van der Waals surface area (Å²) in [6.07, 6.45) is 36.0. The van der Waals surface area contributed by atoms with E-state index in [1.54, 1.807) is 0 Å². The van der Waals surface area contributed by atoms with Gasteiger partial charge in [0.2, 0.25) is 0 Å². The maximum absolute atomic E-state index is 13.1. The Kier molecular flexibility index (Phi) is 42.8. The molecule has 0 amide bonds. The van der Waals surface area contributed by atoms with E-state index in [9.17, 15) is 45.3 Å². The van der Waals surface area contributed by atoms with Crippen LogP contribution in [0.1, 0.15) is 239 Å². The lowest BCUT2D eigenvalue weighted by Crippen LogP contribution is -2.61. The van der Waals surface area contributed by atoms with Crippen LogP contribution in [-0.2, 0) is 38.0 Å². The van der Waals surface area contributed by atoms with Gasteiger partial charge in [0.1, 0.15) is 55.4 Å². The molecule has 0 aromatic heterocycles. The maximum Gasteiger partial charge on any atom is 0.306 e. The lowest BCUT2D eigenvalue weighted by atomic mass is 9.98. The normalized spacial score (nSPS) is 24.7. The van der Waals surface area contributed by atoms with E-state index < -0.39 is 92.7 Å². The minimum Gasteiger partial charge on any atom is -0.462 e. The average Bonchev–Trinajstić information content (AvgIpc) is 3.40. The molecule has 0 bridgehead atoms. The lowest BCUT2D eigenvalue weighted by molar-refractivity contribution is -0.332. The number of ether oxygens (including phenoxy) is 6. The van der Waals surface area contributed by atoms with Gasteiger partial charge in [0, 0.05) is 12.8 Å². The molecule has 2 aliphatic rings. The van der Waals surface area contributed by atoms with Crippen LogP contribution in [0.25, 0.3) is 0 Å². The fourth-order valence-corrected chi connectivity index (χ4v) is 9.53. The molecule has 7 N–H and O–H groups in total. The molecule has 15 heteroatoms. The first-order valence-corrected chi connectivity index (χ1v) is 30.1. The topological polar surface area (TPSA) is 231 Å². The number of hydrogen-bond donors (Lipinski definition) is 7. The van der Waals surface area contributed by atoms with Gasteiger partial charge in [-0.3, -0.25) is 9.59 Å². The largest absolute Gasteiger partial charge is 0.462 e. The van der Waals surface area contributed by atoms with Crippen molar-refractivity contribution in [1.82, 2.24) is 0 Å². The van der Waals surface area contributed by atoms with Crippen molar-refractivity contribution in [3.05, 3.63) is 36.5 Å². The van der Waals surface area contributed by atoms with Gasteiger partial charge in [-0.2, -0.15) is 0 Å². The predicted octanol–water partition coefficient (Wildman–Crippen LogP) is 10.4. The average molecular weight is 1070 g/mol. The molecule has 75 heavy (non-hydrogen) atoms. The van der Waals surface area contributed by atoms with Crippen molar-refractivity contribution in [1.29, 1.82) is 0 Å².